The maximum Gasteiger partial charge on any atom is 0.341 e. The number of nitrogens with zero attached hydrogens (tertiary/aromatic N) is 1. The Kier molecular flexibility index (Phi) is 13.9. The molecule has 1 N–H and O–H groups in total. The van der Waals surface area contributed by atoms with Gasteiger partial charge in [-0.3, -0.25) is 33.8 Å². The van der Waals surface area contributed by atoms with Crippen molar-refractivity contribution in [3.63, 3.8) is 0 Å². The van der Waals surface area contributed by atoms with Gasteiger partial charge < -0.3 is 52.5 Å². The van der Waals surface area contributed by atoms with Crippen LogP contribution in [0.3, 0.4) is 0 Å². The van der Waals surface area contributed by atoms with Gasteiger partial charge in [0.15, 0.2) is 23.4 Å². The van der Waals surface area contributed by atoms with E-state index in [1.807, 2.05) is 0 Å². The van der Waals surface area contributed by atoms with Gasteiger partial charge in [-0.15, -0.1) is 0 Å². The van der Waals surface area contributed by atoms with Crippen LogP contribution in [-0.2, 0) is 76.1 Å². The molecule has 1 saturated heterocycles. The first-order valence-corrected chi connectivity index (χ1v) is 22.5. The van der Waals surface area contributed by atoms with Crippen LogP contribution in [0, 0.1) is 17.3 Å². The van der Waals surface area contributed by atoms with Crippen LogP contribution in [0.1, 0.15) is 105 Å². The molecule has 13 atom stereocenters. The van der Waals surface area contributed by atoms with Gasteiger partial charge in [0.25, 0.3) is 0 Å². The number of cyclic esters (lactones) is 1. The smallest absolute Gasteiger partial charge is 0.341 e. The summed E-state index contributed by atoms with van der Waals surface area (Å²) in [6, 6.07) is 17.0. The molecule has 21 heteroatoms. The number of aromatic nitrogens is 1. The number of pyridine rings is 1. The molecule has 1 spiro atoms. The molecule has 1 aromatic heterocycles. The van der Waals surface area contributed by atoms with Crippen LogP contribution in [0.15, 0.2) is 79.0 Å². The normalized spacial score (nSPS) is 33.8. The quantitative estimate of drug-likeness (QED) is 0.225. The van der Waals surface area contributed by atoms with Crippen molar-refractivity contribution < 1.29 is 95.6 Å². The zero-order chi connectivity index (χ0) is 52.0. The van der Waals surface area contributed by atoms with Crippen LogP contribution >= 0.6 is 0 Å². The number of benzene rings is 2. The molecule has 21 nitrogen and oxygen atoms in total. The number of rotatable bonds is 10. The molecule has 2 aliphatic heterocycles. The van der Waals surface area contributed by atoms with Gasteiger partial charge in [0, 0.05) is 46.7 Å². The van der Waals surface area contributed by atoms with Crippen LogP contribution in [-0.4, -0.2) is 130 Å². The van der Waals surface area contributed by atoms with Gasteiger partial charge >= 0.3 is 59.5 Å². The van der Waals surface area contributed by atoms with Crippen molar-refractivity contribution in [3.8, 4) is 0 Å². The third-order valence-electron chi connectivity index (χ3n) is 13.8. The van der Waals surface area contributed by atoms with Gasteiger partial charge in [-0.1, -0.05) is 50.2 Å². The van der Waals surface area contributed by atoms with Gasteiger partial charge in [-0.05, 0) is 50.2 Å². The number of fused-ring (bicyclic) bond motifs is 5. The highest BCUT2D eigenvalue weighted by Crippen LogP contribution is 2.72. The summed E-state index contributed by atoms with van der Waals surface area (Å²) in [4.78, 5) is 132. The summed E-state index contributed by atoms with van der Waals surface area (Å²) in [7, 11) is 0. The minimum Gasteiger partial charge on any atom is -0.465 e. The molecule has 2 aliphatic carbocycles. The molecule has 3 heterocycles. The first-order valence-electron chi connectivity index (χ1n) is 22.5. The van der Waals surface area contributed by atoms with E-state index >= 15 is 4.79 Å². The average molecular weight is 988 g/mol. The van der Waals surface area contributed by atoms with Crippen LogP contribution in [0.25, 0.3) is 0 Å². The van der Waals surface area contributed by atoms with Crippen LogP contribution in [0.4, 0.5) is 0 Å². The predicted octanol–water partition coefficient (Wildman–Crippen LogP) is 3.51. The van der Waals surface area contributed by atoms with Crippen molar-refractivity contribution in [2.45, 2.75) is 121 Å². The second kappa shape index (κ2) is 19.2. The number of hydrogen-bond donors (Lipinski definition) is 1. The Morgan fingerprint density at radius 2 is 1.21 bits per heavy atom. The van der Waals surface area contributed by atoms with Crippen molar-refractivity contribution >= 4 is 53.7 Å². The fraction of sp³-hybridized carbons (Fsp3) is 0.480. The van der Waals surface area contributed by atoms with E-state index in [1.54, 1.807) is 12.1 Å². The summed E-state index contributed by atoms with van der Waals surface area (Å²) in [5, 5.41) is 14.4. The SMILES string of the molecule is CC(=O)OC[C@]12[C@H](OC(C)=O)[C@H](OC(C)=O)[C@@H]3[C@@H](OC(C)=O)[C@@]14O[C@@]3(C)COC(=O)c1cccnc1[C@@H](C)[C@H](C)C(=O)O[C@@](OC(=O)c1ccccc1)([C@H](OC(C)=O)[C@@H]2OC(=O)c1ccccc1)[C@]4(C)O. The largest absolute Gasteiger partial charge is 0.465 e. The van der Waals surface area contributed by atoms with Crippen molar-refractivity contribution in [2.24, 2.45) is 17.3 Å². The Balaban J connectivity index is 1.74. The first kappa shape index (κ1) is 51.6. The van der Waals surface area contributed by atoms with Crippen molar-refractivity contribution in [3.05, 3.63) is 101 Å². The molecule has 3 aromatic rings. The average Bonchev–Trinajstić information content (AvgIpc) is 3.53. The van der Waals surface area contributed by atoms with Gasteiger partial charge in [0.2, 0.25) is 6.10 Å². The van der Waals surface area contributed by atoms with E-state index in [0.29, 0.717) is 0 Å². The maximum atomic E-state index is 15.3. The first-order chi connectivity index (χ1) is 33.4. The second-order valence-electron chi connectivity index (χ2n) is 18.4. The topological polar surface area (TPSA) is 279 Å². The maximum absolute atomic E-state index is 15.3. The molecule has 0 radical (unpaired) electrons. The zero-order valence-corrected chi connectivity index (χ0v) is 40.2. The lowest BCUT2D eigenvalue weighted by Gasteiger charge is -2.69. The molecule has 4 aliphatic rings. The zero-order valence-electron chi connectivity index (χ0n) is 40.2. The number of carbonyl (C=O) groups excluding carboxylic acids is 9. The molecular weight excluding hydrogens is 935 g/mol. The van der Waals surface area contributed by atoms with Crippen molar-refractivity contribution in [1.29, 1.82) is 0 Å². The highest BCUT2D eigenvalue weighted by molar-refractivity contribution is 5.92. The molecule has 4 bridgehead atoms. The third kappa shape index (κ3) is 8.53. The fourth-order valence-electron chi connectivity index (χ4n) is 10.8. The molecule has 0 unspecified atom stereocenters. The lowest BCUT2D eigenvalue weighted by molar-refractivity contribution is -0.445. The van der Waals surface area contributed by atoms with Gasteiger partial charge in [-0.2, -0.15) is 0 Å². The number of ether oxygens (including phenoxy) is 10. The number of aliphatic hydroxyl groups is 1. The summed E-state index contributed by atoms with van der Waals surface area (Å²) >= 11 is 0. The third-order valence-corrected chi connectivity index (χ3v) is 13.8. The molecule has 0 amide bonds. The number of hydrogen-bond acceptors (Lipinski definition) is 21. The van der Waals surface area contributed by atoms with Crippen LogP contribution < -0.4 is 0 Å². The Morgan fingerprint density at radius 1 is 0.662 bits per heavy atom. The Hall–Kier alpha value is -7.26. The van der Waals surface area contributed by atoms with E-state index in [9.17, 15) is 43.5 Å². The molecule has 3 fully saturated rings. The Morgan fingerprint density at radius 3 is 1.77 bits per heavy atom. The minimum absolute atomic E-state index is 0.00885. The van der Waals surface area contributed by atoms with Crippen molar-refractivity contribution in [1.82, 2.24) is 4.98 Å². The summed E-state index contributed by atoms with van der Waals surface area (Å²) < 4.78 is 62.8. The molecular formula is C50H53NO20. The van der Waals surface area contributed by atoms with E-state index in [2.05, 4.69) is 4.98 Å². The van der Waals surface area contributed by atoms with Gasteiger partial charge in [-0.25, -0.2) is 14.4 Å². The molecule has 71 heavy (non-hydrogen) atoms. The Labute approximate surface area is 406 Å². The van der Waals surface area contributed by atoms with Crippen molar-refractivity contribution in [2.75, 3.05) is 13.2 Å². The Bertz CT molecular complexity index is 2640. The van der Waals surface area contributed by atoms with Gasteiger partial charge in [0.1, 0.15) is 36.4 Å². The summed E-state index contributed by atoms with van der Waals surface area (Å²) in [6.07, 6.45) is -10.3. The monoisotopic (exact) mass is 987 g/mol. The second-order valence-corrected chi connectivity index (χ2v) is 18.4. The number of esters is 9. The minimum atomic E-state index is -3.57. The summed E-state index contributed by atoms with van der Waals surface area (Å²) in [6.45, 7) is 7.61. The van der Waals surface area contributed by atoms with E-state index in [4.69, 9.17) is 47.4 Å². The molecule has 2 aromatic carbocycles. The molecule has 2 saturated carbocycles. The highest BCUT2D eigenvalue weighted by atomic mass is 16.8. The van der Waals surface area contributed by atoms with E-state index < -0.39 is 143 Å². The van der Waals surface area contributed by atoms with E-state index in [-0.39, 0.29) is 22.4 Å². The standard InChI is InChI=1S/C50H53NO20/c1-25-26(2)42(57)69-50(70-44(59)33-19-14-11-15-20-33)41(67-31(7)56)40(68-43(58)32-17-12-10-13-18-32)48(24-62-27(3)52)39(66-30(6)55)37(64-28(4)53)35-38(65-29(5)54)49(48,47(50,9)61)71-46(35,8)23-63-45(60)34-21-16-22-51-36(25)34/h10-22,25-26,35,37-41,61H,23-24H2,1-9H3/t25-,26-,35+,37+,38+,39+,40-,41+,46-,47+,48+,49-,50+/m0/s1. The van der Waals surface area contributed by atoms with Crippen LogP contribution in [0.5, 0.6) is 0 Å². The summed E-state index contributed by atoms with van der Waals surface area (Å²) in [5.74, 6) is -18.5. The van der Waals surface area contributed by atoms with E-state index in [1.165, 1.54) is 87.6 Å². The van der Waals surface area contributed by atoms with E-state index in [0.717, 1.165) is 41.5 Å². The molecule has 378 valence electrons. The summed E-state index contributed by atoms with van der Waals surface area (Å²) in [5.41, 5.74) is -12.4. The number of carbonyl (C=O) groups is 9. The lowest BCUT2D eigenvalue weighted by Crippen LogP contribution is -2.93. The fourth-order valence-corrected chi connectivity index (χ4v) is 10.8. The highest BCUT2D eigenvalue weighted by Gasteiger charge is 2.96. The van der Waals surface area contributed by atoms with Gasteiger partial charge in [0.05, 0.1) is 34.2 Å². The predicted molar refractivity (Wildman–Crippen MR) is 236 cm³/mol. The van der Waals surface area contributed by atoms with Crippen LogP contribution in [0.2, 0.25) is 0 Å². The molecule has 7 rings (SSSR count). The lowest BCUT2D eigenvalue weighted by atomic mass is 9.44.